The summed E-state index contributed by atoms with van der Waals surface area (Å²) >= 11 is 0. The van der Waals surface area contributed by atoms with Gasteiger partial charge >= 0.3 is 0 Å². The highest BCUT2D eigenvalue weighted by Gasteiger charge is 2.22. The number of carbonyl (C=O) groups excluding carboxylic acids is 1. The number of carbonyl (C=O) groups is 1. The minimum atomic E-state index is -0.0421. The van der Waals surface area contributed by atoms with Crippen molar-refractivity contribution in [2.75, 3.05) is 13.7 Å². The molecule has 0 spiro atoms. The zero-order valence-electron chi connectivity index (χ0n) is 14.4. The summed E-state index contributed by atoms with van der Waals surface area (Å²) in [5.41, 5.74) is 0. The minimum absolute atomic E-state index is 0.0421. The van der Waals surface area contributed by atoms with Gasteiger partial charge in [-0.25, -0.2) is 0 Å². The van der Waals surface area contributed by atoms with Gasteiger partial charge in [0, 0.05) is 6.04 Å². The first-order valence-corrected chi connectivity index (χ1v) is 8.65. The van der Waals surface area contributed by atoms with E-state index in [2.05, 4.69) is 12.2 Å². The molecule has 0 aliphatic heterocycles. The van der Waals surface area contributed by atoms with Crippen LogP contribution in [-0.2, 0) is 4.79 Å². The zero-order chi connectivity index (χ0) is 16.9. The Balaban J connectivity index is 1.59. The molecule has 1 aliphatic rings. The average Bonchev–Trinajstić information content (AvgIpc) is 2.61. The predicted molar refractivity (Wildman–Crippen MR) is 95.6 cm³/mol. The Labute approximate surface area is 143 Å². The summed E-state index contributed by atoms with van der Waals surface area (Å²) < 4.78 is 10.9. The number of hydrogen-bond donors (Lipinski definition) is 1. The lowest BCUT2D eigenvalue weighted by Crippen LogP contribution is -2.43. The molecule has 0 heterocycles. The second-order valence-electron chi connectivity index (χ2n) is 6.60. The summed E-state index contributed by atoms with van der Waals surface area (Å²) in [6.07, 6.45) is 4.73. The molecular weight excluding hydrogens is 302 g/mol. The van der Waals surface area contributed by atoms with Gasteiger partial charge in [0.2, 0.25) is 0 Å². The summed E-state index contributed by atoms with van der Waals surface area (Å²) in [6, 6.07) is 12.0. The maximum atomic E-state index is 12.1. The summed E-state index contributed by atoms with van der Waals surface area (Å²) in [4.78, 5) is 12.1. The molecule has 0 aromatic heterocycles. The molecule has 2 aromatic rings. The van der Waals surface area contributed by atoms with Gasteiger partial charge in [0.15, 0.2) is 6.61 Å². The number of benzene rings is 2. The molecule has 128 valence electrons. The molecule has 3 rings (SSSR count). The monoisotopic (exact) mass is 327 g/mol. The molecule has 0 saturated heterocycles. The highest BCUT2D eigenvalue weighted by molar-refractivity contribution is 5.85. The third kappa shape index (κ3) is 3.99. The molecule has 1 saturated carbocycles. The van der Waals surface area contributed by atoms with E-state index >= 15 is 0 Å². The van der Waals surface area contributed by atoms with Crippen molar-refractivity contribution in [3.8, 4) is 11.5 Å². The Hall–Kier alpha value is -2.23. The van der Waals surface area contributed by atoms with Crippen LogP contribution >= 0.6 is 0 Å². The molecule has 2 atom stereocenters. The fraction of sp³-hybridized carbons (Fsp3) is 0.450. The second kappa shape index (κ2) is 7.56. The van der Waals surface area contributed by atoms with E-state index in [1.165, 1.54) is 19.3 Å². The number of hydrogen-bond acceptors (Lipinski definition) is 3. The van der Waals surface area contributed by atoms with Gasteiger partial charge in [-0.1, -0.05) is 31.9 Å². The van der Waals surface area contributed by atoms with Crippen molar-refractivity contribution in [2.45, 2.75) is 38.6 Å². The number of rotatable bonds is 5. The Bertz CT molecular complexity index is 713. The Kier molecular flexibility index (Phi) is 5.24. The highest BCUT2D eigenvalue weighted by atomic mass is 16.5. The van der Waals surface area contributed by atoms with Gasteiger partial charge in [0.25, 0.3) is 5.91 Å². The summed E-state index contributed by atoms with van der Waals surface area (Å²) in [6.45, 7) is 2.26. The number of fused-ring (bicyclic) bond motifs is 1. The average molecular weight is 327 g/mol. The topological polar surface area (TPSA) is 47.6 Å². The quantitative estimate of drug-likeness (QED) is 0.905. The van der Waals surface area contributed by atoms with Gasteiger partial charge in [0.1, 0.15) is 11.5 Å². The fourth-order valence-corrected chi connectivity index (χ4v) is 3.35. The van der Waals surface area contributed by atoms with Crippen LogP contribution in [-0.4, -0.2) is 25.7 Å². The third-order valence-electron chi connectivity index (χ3n) is 4.85. The van der Waals surface area contributed by atoms with Crippen molar-refractivity contribution in [1.82, 2.24) is 5.32 Å². The SMILES string of the molecule is COc1ccc2ccc(OCC(=O)N[C@H]3CCCC[C@@H]3C)cc2c1. The van der Waals surface area contributed by atoms with E-state index in [0.717, 1.165) is 22.9 Å². The third-order valence-corrected chi connectivity index (χ3v) is 4.85. The lowest BCUT2D eigenvalue weighted by atomic mass is 9.86. The summed E-state index contributed by atoms with van der Waals surface area (Å²) in [5, 5.41) is 5.26. The molecule has 2 aromatic carbocycles. The summed E-state index contributed by atoms with van der Waals surface area (Å²) in [7, 11) is 1.65. The molecule has 0 bridgehead atoms. The minimum Gasteiger partial charge on any atom is -0.497 e. The van der Waals surface area contributed by atoms with Crippen LogP contribution in [0.5, 0.6) is 11.5 Å². The van der Waals surface area contributed by atoms with Crippen LogP contribution in [0, 0.1) is 5.92 Å². The van der Waals surface area contributed by atoms with Crippen molar-refractivity contribution in [3.05, 3.63) is 36.4 Å². The first kappa shape index (κ1) is 16.6. The lowest BCUT2D eigenvalue weighted by molar-refractivity contribution is -0.124. The van der Waals surface area contributed by atoms with E-state index in [1.54, 1.807) is 7.11 Å². The smallest absolute Gasteiger partial charge is 0.258 e. The molecule has 0 radical (unpaired) electrons. The van der Waals surface area contributed by atoms with E-state index in [0.29, 0.717) is 11.7 Å². The Morgan fingerprint density at radius 1 is 1.08 bits per heavy atom. The Morgan fingerprint density at radius 2 is 1.79 bits per heavy atom. The molecule has 4 heteroatoms. The van der Waals surface area contributed by atoms with E-state index in [-0.39, 0.29) is 18.6 Å². The second-order valence-corrected chi connectivity index (χ2v) is 6.60. The maximum absolute atomic E-state index is 12.1. The van der Waals surface area contributed by atoms with Crippen LogP contribution in [0.2, 0.25) is 0 Å². The van der Waals surface area contributed by atoms with Crippen LogP contribution in [0.1, 0.15) is 32.6 Å². The van der Waals surface area contributed by atoms with E-state index in [1.807, 2.05) is 36.4 Å². The van der Waals surface area contributed by atoms with E-state index in [9.17, 15) is 4.79 Å². The van der Waals surface area contributed by atoms with Crippen molar-refractivity contribution >= 4 is 16.7 Å². The first-order valence-electron chi connectivity index (χ1n) is 8.65. The lowest BCUT2D eigenvalue weighted by Gasteiger charge is -2.29. The molecule has 1 aliphatic carbocycles. The molecular formula is C20H25NO3. The Morgan fingerprint density at radius 3 is 2.54 bits per heavy atom. The molecule has 4 nitrogen and oxygen atoms in total. The van der Waals surface area contributed by atoms with Crippen LogP contribution in [0.25, 0.3) is 10.8 Å². The molecule has 1 amide bonds. The van der Waals surface area contributed by atoms with Gasteiger partial charge in [0.05, 0.1) is 7.11 Å². The van der Waals surface area contributed by atoms with Gasteiger partial charge in [-0.3, -0.25) is 4.79 Å². The molecule has 1 N–H and O–H groups in total. The number of methoxy groups -OCH3 is 1. The largest absolute Gasteiger partial charge is 0.497 e. The van der Waals surface area contributed by atoms with Gasteiger partial charge in [-0.05, 0) is 53.8 Å². The van der Waals surface area contributed by atoms with Crippen LogP contribution in [0.4, 0.5) is 0 Å². The standard InChI is InChI=1S/C20H25NO3/c1-14-5-3-4-6-19(14)21-20(22)13-24-18-10-8-15-7-9-17(23-2)11-16(15)12-18/h7-12,14,19H,3-6,13H2,1-2H3,(H,21,22)/t14-,19-/m0/s1. The number of nitrogens with one attached hydrogen (secondary N) is 1. The maximum Gasteiger partial charge on any atom is 0.258 e. The number of ether oxygens (including phenoxy) is 2. The van der Waals surface area contributed by atoms with E-state index in [4.69, 9.17) is 9.47 Å². The van der Waals surface area contributed by atoms with Crippen molar-refractivity contribution in [3.63, 3.8) is 0 Å². The van der Waals surface area contributed by atoms with Crippen molar-refractivity contribution < 1.29 is 14.3 Å². The van der Waals surface area contributed by atoms with Crippen LogP contribution < -0.4 is 14.8 Å². The van der Waals surface area contributed by atoms with Gasteiger partial charge < -0.3 is 14.8 Å². The van der Waals surface area contributed by atoms with Crippen LogP contribution in [0.15, 0.2) is 36.4 Å². The fourth-order valence-electron chi connectivity index (χ4n) is 3.35. The summed E-state index contributed by atoms with van der Waals surface area (Å²) in [5.74, 6) is 2.02. The predicted octanol–water partition coefficient (Wildman–Crippen LogP) is 3.92. The zero-order valence-corrected chi connectivity index (χ0v) is 14.4. The highest BCUT2D eigenvalue weighted by Crippen LogP contribution is 2.25. The normalized spacial score (nSPS) is 20.6. The van der Waals surface area contributed by atoms with Gasteiger partial charge in [-0.2, -0.15) is 0 Å². The van der Waals surface area contributed by atoms with Crippen molar-refractivity contribution in [2.24, 2.45) is 5.92 Å². The first-order chi connectivity index (χ1) is 11.7. The van der Waals surface area contributed by atoms with E-state index < -0.39 is 0 Å². The van der Waals surface area contributed by atoms with Crippen LogP contribution in [0.3, 0.4) is 0 Å². The molecule has 1 fully saturated rings. The van der Waals surface area contributed by atoms with Crippen molar-refractivity contribution in [1.29, 1.82) is 0 Å². The molecule has 24 heavy (non-hydrogen) atoms. The van der Waals surface area contributed by atoms with Gasteiger partial charge in [-0.15, -0.1) is 0 Å². The molecule has 0 unspecified atom stereocenters. The number of amides is 1.